The lowest BCUT2D eigenvalue weighted by molar-refractivity contribution is -0.118. The number of nitrogens with one attached hydrogen (secondary N) is 1. The minimum atomic E-state index is -0.336. The second-order valence-electron chi connectivity index (χ2n) is 7.49. The Hall–Kier alpha value is -2.97. The van der Waals surface area contributed by atoms with E-state index in [1.54, 1.807) is 29.2 Å². The average Bonchev–Trinajstić information content (AvgIpc) is 3.33. The fourth-order valence-electron chi connectivity index (χ4n) is 3.51. The summed E-state index contributed by atoms with van der Waals surface area (Å²) in [6, 6.07) is 12.9. The Labute approximate surface area is 189 Å². The lowest BCUT2D eigenvalue weighted by atomic mass is 10.1. The molecule has 2 aromatic carbocycles. The summed E-state index contributed by atoms with van der Waals surface area (Å²) in [6.07, 6.45) is 0.370. The highest BCUT2D eigenvalue weighted by atomic mass is 35.5. The number of aryl methyl sites for hydroxylation is 2. The maximum atomic E-state index is 12.6. The van der Waals surface area contributed by atoms with Gasteiger partial charge in [-0.1, -0.05) is 29.0 Å². The molecule has 0 spiro atoms. The monoisotopic (exact) mass is 456 g/mol. The molecule has 1 aliphatic rings. The molecule has 0 bridgehead atoms. The van der Waals surface area contributed by atoms with Crippen LogP contribution in [0.1, 0.15) is 28.5 Å². The first-order valence-electron chi connectivity index (χ1n) is 9.77. The van der Waals surface area contributed by atoms with Gasteiger partial charge in [0, 0.05) is 29.6 Å². The fourth-order valence-corrected chi connectivity index (χ4v) is 4.49. The van der Waals surface area contributed by atoms with Gasteiger partial charge < -0.3 is 9.64 Å². The van der Waals surface area contributed by atoms with E-state index < -0.39 is 0 Å². The first kappa shape index (κ1) is 21.3. The smallest absolute Gasteiger partial charge is 0.264 e. The van der Waals surface area contributed by atoms with Crippen molar-refractivity contribution in [3.63, 3.8) is 0 Å². The van der Waals surface area contributed by atoms with Gasteiger partial charge in [-0.25, -0.2) is 0 Å². The number of hydrogen-bond acceptors (Lipinski definition) is 6. The molecule has 2 amide bonds. The molecule has 4 rings (SSSR count). The highest BCUT2D eigenvalue weighted by Crippen LogP contribution is 2.34. The Morgan fingerprint density at radius 1 is 1.19 bits per heavy atom. The van der Waals surface area contributed by atoms with E-state index in [0.29, 0.717) is 28.9 Å². The number of halogens is 1. The maximum absolute atomic E-state index is 12.6. The van der Waals surface area contributed by atoms with Crippen LogP contribution in [-0.2, 0) is 9.59 Å². The maximum Gasteiger partial charge on any atom is 0.264 e. The van der Waals surface area contributed by atoms with Crippen LogP contribution < -0.4 is 15.0 Å². The highest BCUT2D eigenvalue weighted by Gasteiger charge is 2.34. The van der Waals surface area contributed by atoms with Gasteiger partial charge in [0.1, 0.15) is 10.8 Å². The lowest BCUT2D eigenvalue weighted by Gasteiger charge is -2.17. The molecular weight excluding hydrogens is 436 g/mol. The van der Waals surface area contributed by atoms with Crippen molar-refractivity contribution in [3.05, 3.63) is 63.6 Å². The van der Waals surface area contributed by atoms with E-state index >= 15 is 0 Å². The minimum absolute atomic E-state index is 0.0539. The molecule has 160 valence electrons. The number of carbonyl (C=O) groups excluding carboxylic acids is 2. The Kier molecular flexibility index (Phi) is 6.20. The molecule has 0 radical (unpaired) electrons. The molecular formula is C22H21ClN4O3S. The van der Waals surface area contributed by atoms with Gasteiger partial charge >= 0.3 is 0 Å². The molecule has 1 saturated heterocycles. The topological polar surface area (TPSA) is 84.4 Å². The van der Waals surface area contributed by atoms with E-state index in [4.69, 9.17) is 16.3 Å². The first-order valence-corrected chi connectivity index (χ1v) is 11.0. The molecule has 1 atom stereocenters. The number of anilines is 2. The number of carbonyl (C=O) groups is 2. The van der Waals surface area contributed by atoms with E-state index in [2.05, 4.69) is 21.6 Å². The van der Waals surface area contributed by atoms with Crippen LogP contribution in [0.4, 0.5) is 10.8 Å². The lowest BCUT2D eigenvalue weighted by Crippen LogP contribution is -2.24. The van der Waals surface area contributed by atoms with Gasteiger partial charge in [-0.05, 0) is 61.4 Å². The van der Waals surface area contributed by atoms with Crippen molar-refractivity contribution in [2.24, 2.45) is 0 Å². The summed E-state index contributed by atoms with van der Waals surface area (Å²) in [4.78, 5) is 26.5. The van der Waals surface area contributed by atoms with Crippen LogP contribution in [0.25, 0.3) is 0 Å². The van der Waals surface area contributed by atoms with E-state index in [9.17, 15) is 9.59 Å². The van der Waals surface area contributed by atoms with Crippen molar-refractivity contribution < 1.29 is 14.3 Å². The van der Waals surface area contributed by atoms with Gasteiger partial charge in [0.25, 0.3) is 5.91 Å². The average molecular weight is 457 g/mol. The summed E-state index contributed by atoms with van der Waals surface area (Å²) in [5, 5.41) is 12.7. The van der Waals surface area contributed by atoms with Crippen molar-refractivity contribution in [1.29, 1.82) is 0 Å². The van der Waals surface area contributed by atoms with Gasteiger partial charge in [-0.2, -0.15) is 0 Å². The predicted octanol–water partition coefficient (Wildman–Crippen LogP) is 4.35. The number of rotatable bonds is 6. The van der Waals surface area contributed by atoms with Gasteiger partial charge in [-0.15, -0.1) is 10.2 Å². The number of amides is 2. The summed E-state index contributed by atoms with van der Waals surface area (Å²) < 4.78 is 5.43. The summed E-state index contributed by atoms with van der Waals surface area (Å²) in [7, 11) is 0. The van der Waals surface area contributed by atoms with Crippen LogP contribution in [0.15, 0.2) is 42.5 Å². The Balaban J connectivity index is 1.35. The molecule has 9 heteroatoms. The zero-order chi connectivity index (χ0) is 22.0. The number of nitrogens with zero attached hydrogens (tertiary/aromatic N) is 3. The molecule has 2 heterocycles. The molecule has 31 heavy (non-hydrogen) atoms. The van der Waals surface area contributed by atoms with E-state index in [1.165, 1.54) is 11.3 Å². The Morgan fingerprint density at radius 2 is 1.90 bits per heavy atom. The molecule has 0 aliphatic carbocycles. The molecule has 1 fully saturated rings. The first-order chi connectivity index (χ1) is 14.9. The zero-order valence-corrected chi connectivity index (χ0v) is 18.7. The third-order valence-electron chi connectivity index (χ3n) is 4.86. The van der Waals surface area contributed by atoms with Crippen LogP contribution in [0.5, 0.6) is 5.75 Å². The highest BCUT2D eigenvalue weighted by molar-refractivity contribution is 7.15. The predicted molar refractivity (Wildman–Crippen MR) is 121 cm³/mol. The summed E-state index contributed by atoms with van der Waals surface area (Å²) in [5.74, 6) is 0.222. The minimum Gasteiger partial charge on any atom is -0.484 e. The standard InChI is InChI=1S/C22H21ClN4O3S/c1-13-7-14(2)9-17(8-13)27-11-15(10-20(27)29)21-25-26-22(31-21)24-19(28)12-30-18-5-3-16(23)4-6-18/h3-9,15H,10-12H2,1-2H3,(H,24,26,28)/t15-/m0/s1. The van der Waals surface area contributed by atoms with Crippen molar-refractivity contribution in [2.45, 2.75) is 26.2 Å². The number of aromatic nitrogens is 2. The van der Waals surface area contributed by atoms with Gasteiger partial charge in [0.05, 0.1) is 0 Å². The van der Waals surface area contributed by atoms with E-state index in [0.717, 1.165) is 21.8 Å². The fraction of sp³-hybridized carbons (Fsp3) is 0.273. The summed E-state index contributed by atoms with van der Waals surface area (Å²) in [5.41, 5.74) is 3.14. The summed E-state index contributed by atoms with van der Waals surface area (Å²) in [6.45, 7) is 4.43. The molecule has 3 aromatic rings. The largest absolute Gasteiger partial charge is 0.484 e. The van der Waals surface area contributed by atoms with Crippen LogP contribution in [0, 0.1) is 13.8 Å². The molecule has 1 aliphatic heterocycles. The number of hydrogen-bond donors (Lipinski definition) is 1. The van der Waals surface area contributed by atoms with Gasteiger partial charge in [0.15, 0.2) is 6.61 Å². The molecule has 0 unspecified atom stereocenters. The third kappa shape index (κ3) is 5.21. The Bertz CT molecular complexity index is 1100. The SMILES string of the molecule is Cc1cc(C)cc(N2C[C@@H](c3nnc(NC(=O)COc4ccc(Cl)cc4)s3)CC2=O)c1. The van der Waals surface area contributed by atoms with Crippen LogP contribution >= 0.6 is 22.9 Å². The van der Waals surface area contributed by atoms with Gasteiger partial charge in [0.2, 0.25) is 11.0 Å². The van der Waals surface area contributed by atoms with E-state index in [-0.39, 0.29) is 24.3 Å². The zero-order valence-electron chi connectivity index (χ0n) is 17.1. The molecule has 7 nitrogen and oxygen atoms in total. The number of ether oxygens (including phenoxy) is 1. The van der Waals surface area contributed by atoms with Crippen LogP contribution in [0.2, 0.25) is 5.02 Å². The number of benzene rings is 2. The van der Waals surface area contributed by atoms with Crippen LogP contribution in [-0.4, -0.2) is 35.2 Å². The second kappa shape index (κ2) is 9.03. The van der Waals surface area contributed by atoms with E-state index in [1.807, 2.05) is 26.0 Å². The molecule has 1 aromatic heterocycles. The van der Waals surface area contributed by atoms with Gasteiger partial charge in [-0.3, -0.25) is 14.9 Å². The molecule has 0 saturated carbocycles. The third-order valence-corrected chi connectivity index (χ3v) is 6.12. The van der Waals surface area contributed by atoms with Crippen molar-refractivity contribution in [2.75, 3.05) is 23.4 Å². The quantitative estimate of drug-likeness (QED) is 0.596. The van der Waals surface area contributed by atoms with Crippen molar-refractivity contribution in [3.8, 4) is 5.75 Å². The van der Waals surface area contributed by atoms with Crippen molar-refractivity contribution >= 4 is 45.6 Å². The van der Waals surface area contributed by atoms with Crippen LogP contribution in [0.3, 0.4) is 0 Å². The normalized spacial score (nSPS) is 15.9. The molecule has 1 N–H and O–H groups in total. The second-order valence-corrected chi connectivity index (χ2v) is 8.93. The Morgan fingerprint density at radius 3 is 2.61 bits per heavy atom. The summed E-state index contributed by atoms with van der Waals surface area (Å²) >= 11 is 7.11. The van der Waals surface area contributed by atoms with Crippen molar-refractivity contribution in [1.82, 2.24) is 10.2 Å².